The van der Waals surface area contributed by atoms with Gasteiger partial charge in [-0.1, -0.05) is 144 Å². The lowest BCUT2D eigenvalue weighted by atomic mass is 9.91. The molecule has 6 nitrogen and oxygen atoms in total. The SMILES string of the molecule is N#Cc1cc(N2c3ccccc3Sc3ccccc32)cc(-c2cc(N3c4ccccc4Sc4ccccc43)cc(C#N)c2N2c3ccccc3Sc3ccccc32)c1N1c2ccccc2Sc2ccccc21. The van der Waals surface area contributed by atoms with E-state index in [1.165, 1.54) is 0 Å². The normalized spacial score (nSPS) is 13.5. The Morgan fingerprint density at radius 1 is 0.264 bits per heavy atom. The Bertz CT molecular complexity index is 3550. The molecule has 14 rings (SSSR count). The van der Waals surface area contributed by atoms with Crippen molar-refractivity contribution in [3.05, 3.63) is 230 Å². The Morgan fingerprint density at radius 2 is 0.472 bits per heavy atom. The molecule has 0 N–H and O–H groups in total. The van der Waals surface area contributed by atoms with Crippen molar-refractivity contribution in [2.24, 2.45) is 0 Å². The molecular formula is C62H36N6S4. The summed E-state index contributed by atoms with van der Waals surface area (Å²) in [4.78, 5) is 17.9. The molecule has 10 aromatic rings. The standard InChI is InChI=1S/C62H36N6S4/c63-37-39-33-41(65-45-17-1-9-25-53(45)69-54-26-10-2-18-46(54)65)35-43(61(39)67-49-21-5-13-29-57(49)71-58-30-14-6-22-50(58)67)44-36-42(66-47-19-3-11-27-55(47)70-56-28-12-4-20-48(56)66)34-40(38-64)62(44)68-51-23-7-15-31-59(51)72-60-32-16-8-24-52(60)68/h1-36H. The first-order valence-electron chi connectivity index (χ1n) is 23.4. The minimum absolute atomic E-state index is 0.488. The third-order valence-electron chi connectivity index (χ3n) is 13.4. The second-order valence-electron chi connectivity index (χ2n) is 17.5. The summed E-state index contributed by atoms with van der Waals surface area (Å²) < 4.78 is 0. The van der Waals surface area contributed by atoms with Gasteiger partial charge in [0.25, 0.3) is 0 Å². The van der Waals surface area contributed by atoms with Gasteiger partial charge in [-0.05, 0) is 121 Å². The highest BCUT2D eigenvalue weighted by atomic mass is 32.2. The van der Waals surface area contributed by atoms with E-state index >= 15 is 0 Å². The van der Waals surface area contributed by atoms with Gasteiger partial charge < -0.3 is 19.6 Å². The van der Waals surface area contributed by atoms with E-state index < -0.39 is 0 Å². The minimum Gasteiger partial charge on any atom is -0.308 e. The number of nitriles is 2. The zero-order chi connectivity index (χ0) is 47.9. The molecule has 10 heteroatoms. The van der Waals surface area contributed by atoms with Crippen molar-refractivity contribution in [3.63, 3.8) is 0 Å². The van der Waals surface area contributed by atoms with Crippen LogP contribution >= 0.6 is 47.0 Å². The fraction of sp³-hybridized carbons (Fsp3) is 0. The van der Waals surface area contributed by atoms with Crippen molar-refractivity contribution in [2.75, 3.05) is 19.6 Å². The maximum atomic E-state index is 11.9. The maximum Gasteiger partial charge on any atom is 0.101 e. The summed E-state index contributed by atoms with van der Waals surface area (Å²) in [6.45, 7) is 0. The predicted octanol–water partition coefficient (Wildman–Crippen LogP) is 18.8. The number of rotatable bonds is 5. The summed E-state index contributed by atoms with van der Waals surface area (Å²) in [6.07, 6.45) is 0. The first kappa shape index (κ1) is 42.6. The quantitative estimate of drug-likeness (QED) is 0.167. The summed E-state index contributed by atoms with van der Waals surface area (Å²) >= 11 is 6.97. The van der Waals surface area contributed by atoms with E-state index in [0.717, 1.165) is 119 Å². The van der Waals surface area contributed by atoms with Crippen LogP contribution in [0.25, 0.3) is 11.1 Å². The van der Waals surface area contributed by atoms with E-state index in [4.69, 9.17) is 0 Å². The van der Waals surface area contributed by atoms with Crippen LogP contribution < -0.4 is 19.6 Å². The second-order valence-corrected chi connectivity index (χ2v) is 21.8. The van der Waals surface area contributed by atoms with Gasteiger partial charge in [-0.2, -0.15) is 10.5 Å². The Kier molecular flexibility index (Phi) is 10.2. The fourth-order valence-corrected chi connectivity index (χ4v) is 14.6. The number of hydrogen-bond acceptors (Lipinski definition) is 10. The van der Waals surface area contributed by atoms with Crippen LogP contribution in [0.3, 0.4) is 0 Å². The van der Waals surface area contributed by atoms with Gasteiger partial charge in [-0.3, -0.25) is 0 Å². The molecule has 0 saturated heterocycles. The highest BCUT2D eigenvalue weighted by molar-refractivity contribution is 8.00. The van der Waals surface area contributed by atoms with E-state index in [1.54, 1.807) is 47.0 Å². The molecule has 0 saturated carbocycles. The van der Waals surface area contributed by atoms with Gasteiger partial charge >= 0.3 is 0 Å². The van der Waals surface area contributed by atoms with Gasteiger partial charge in [-0.15, -0.1) is 0 Å². The van der Waals surface area contributed by atoms with Gasteiger partial charge in [0.2, 0.25) is 0 Å². The Balaban J connectivity index is 1.15. The molecule has 0 fully saturated rings. The molecule has 4 aliphatic rings. The first-order valence-corrected chi connectivity index (χ1v) is 26.7. The molecule has 4 heterocycles. The zero-order valence-corrected chi connectivity index (χ0v) is 41.4. The molecule has 4 aliphatic heterocycles. The summed E-state index contributed by atoms with van der Waals surface area (Å²) in [5.74, 6) is 0. The molecule has 0 aliphatic carbocycles. The second kappa shape index (κ2) is 17.3. The molecule has 338 valence electrons. The minimum atomic E-state index is 0.488. The third kappa shape index (κ3) is 6.76. The van der Waals surface area contributed by atoms with E-state index in [0.29, 0.717) is 11.1 Å². The van der Waals surface area contributed by atoms with Crippen molar-refractivity contribution in [3.8, 4) is 23.3 Å². The van der Waals surface area contributed by atoms with Crippen LogP contribution in [0.2, 0.25) is 0 Å². The van der Waals surface area contributed by atoms with Crippen LogP contribution in [0.15, 0.2) is 258 Å². The number of benzene rings is 10. The lowest BCUT2D eigenvalue weighted by Gasteiger charge is -2.39. The molecule has 72 heavy (non-hydrogen) atoms. The smallest absolute Gasteiger partial charge is 0.101 e. The zero-order valence-electron chi connectivity index (χ0n) is 38.1. The summed E-state index contributed by atoms with van der Waals surface area (Å²) in [7, 11) is 0. The molecule has 0 spiro atoms. The Labute approximate surface area is 434 Å². The molecular weight excluding hydrogens is 957 g/mol. The Hall–Kier alpha value is -8.22. The number of fused-ring (bicyclic) bond motifs is 8. The van der Waals surface area contributed by atoms with E-state index in [1.807, 2.05) is 0 Å². The molecule has 10 aromatic carbocycles. The average Bonchev–Trinajstić information content (AvgIpc) is 3.44. The molecule has 0 amide bonds. The molecule has 0 atom stereocenters. The van der Waals surface area contributed by atoms with Crippen LogP contribution in [0.5, 0.6) is 0 Å². The van der Waals surface area contributed by atoms with Gasteiger partial charge in [-0.25, -0.2) is 0 Å². The summed E-state index contributed by atoms with van der Waals surface area (Å²) in [6, 6.07) is 82.0. The molecule has 0 bridgehead atoms. The van der Waals surface area contributed by atoms with Crippen LogP contribution in [0.4, 0.5) is 68.2 Å². The van der Waals surface area contributed by atoms with Gasteiger partial charge in [0.1, 0.15) is 12.1 Å². The topological polar surface area (TPSA) is 60.5 Å². The number of para-hydroxylation sites is 8. The van der Waals surface area contributed by atoms with Crippen molar-refractivity contribution < 1.29 is 0 Å². The van der Waals surface area contributed by atoms with Crippen LogP contribution in [0.1, 0.15) is 11.1 Å². The van der Waals surface area contributed by atoms with Gasteiger partial charge in [0.15, 0.2) is 0 Å². The fourth-order valence-electron chi connectivity index (χ4n) is 10.4. The summed E-state index contributed by atoms with van der Waals surface area (Å²) in [5.41, 5.74) is 13.6. The van der Waals surface area contributed by atoms with Crippen LogP contribution in [-0.2, 0) is 0 Å². The lowest BCUT2D eigenvalue weighted by molar-refractivity contribution is 1.13. The van der Waals surface area contributed by atoms with E-state index in [2.05, 4.69) is 250 Å². The predicted molar refractivity (Wildman–Crippen MR) is 297 cm³/mol. The van der Waals surface area contributed by atoms with E-state index in [-0.39, 0.29) is 0 Å². The highest BCUT2D eigenvalue weighted by Gasteiger charge is 2.36. The monoisotopic (exact) mass is 992 g/mol. The maximum absolute atomic E-state index is 11.9. The van der Waals surface area contributed by atoms with Crippen molar-refractivity contribution >= 4 is 115 Å². The van der Waals surface area contributed by atoms with Gasteiger partial charge in [0, 0.05) is 61.7 Å². The van der Waals surface area contributed by atoms with Crippen molar-refractivity contribution in [1.82, 2.24) is 0 Å². The van der Waals surface area contributed by atoms with Crippen molar-refractivity contribution in [1.29, 1.82) is 10.5 Å². The number of anilines is 12. The highest BCUT2D eigenvalue weighted by Crippen LogP contribution is 2.61. The number of nitrogens with zero attached hydrogens (tertiary/aromatic N) is 6. The third-order valence-corrected chi connectivity index (χ3v) is 17.9. The van der Waals surface area contributed by atoms with Crippen LogP contribution in [-0.4, -0.2) is 0 Å². The van der Waals surface area contributed by atoms with E-state index in [9.17, 15) is 10.5 Å². The first-order chi connectivity index (χ1) is 35.6. The van der Waals surface area contributed by atoms with Crippen LogP contribution in [0, 0.1) is 22.7 Å². The van der Waals surface area contributed by atoms with Gasteiger partial charge in [0.05, 0.1) is 68.0 Å². The molecule has 0 unspecified atom stereocenters. The average molecular weight is 993 g/mol. The number of hydrogen-bond donors (Lipinski definition) is 0. The van der Waals surface area contributed by atoms with Crippen molar-refractivity contribution in [2.45, 2.75) is 39.2 Å². The molecule has 0 aromatic heterocycles. The Morgan fingerprint density at radius 3 is 0.694 bits per heavy atom. The summed E-state index contributed by atoms with van der Waals surface area (Å²) in [5, 5.41) is 23.8. The molecule has 0 radical (unpaired) electrons. The lowest BCUT2D eigenvalue weighted by Crippen LogP contribution is -2.21. The largest absolute Gasteiger partial charge is 0.308 e.